The van der Waals surface area contributed by atoms with Gasteiger partial charge in [-0.1, -0.05) is 42.5 Å². The van der Waals surface area contributed by atoms with Crippen LogP contribution in [-0.2, 0) is 0 Å². The fourth-order valence-electron chi connectivity index (χ4n) is 2.56. The van der Waals surface area contributed by atoms with Crippen LogP contribution in [0.4, 0.5) is 0 Å². The molecular weight excluding hydrogens is 348 g/mol. The van der Waals surface area contributed by atoms with Crippen molar-refractivity contribution in [3.05, 3.63) is 82.0 Å². The van der Waals surface area contributed by atoms with E-state index in [1.807, 2.05) is 49.4 Å². The Bertz CT molecular complexity index is 904. The lowest BCUT2D eigenvalue weighted by molar-refractivity contribution is 0.0711. The third-order valence-electron chi connectivity index (χ3n) is 4.05. The average molecular weight is 366 g/mol. The number of hydroxylamine groups is 1. The van der Waals surface area contributed by atoms with Gasteiger partial charge < -0.3 is 5.32 Å². The van der Waals surface area contributed by atoms with Crippen molar-refractivity contribution in [1.29, 1.82) is 0 Å². The number of nitrogens with one attached hydrogen (secondary N) is 2. The van der Waals surface area contributed by atoms with Crippen LogP contribution in [-0.4, -0.2) is 17.0 Å². The minimum Gasteiger partial charge on any atom is -0.345 e. The van der Waals surface area contributed by atoms with E-state index < -0.39 is 5.91 Å². The smallest absolute Gasteiger partial charge is 0.284 e. The zero-order chi connectivity index (χ0) is 18.5. The SMILES string of the molecule is CC(NC(=O)c1ccc(-c2ccccc2)cc1)c1csc(C(=O)NO)c1. The van der Waals surface area contributed by atoms with Gasteiger partial charge in [-0.05, 0) is 47.2 Å². The summed E-state index contributed by atoms with van der Waals surface area (Å²) in [7, 11) is 0. The Morgan fingerprint density at radius 1 is 0.962 bits per heavy atom. The van der Waals surface area contributed by atoms with E-state index in [1.165, 1.54) is 11.3 Å². The molecule has 3 aromatic rings. The lowest BCUT2D eigenvalue weighted by Crippen LogP contribution is -2.26. The highest BCUT2D eigenvalue weighted by molar-refractivity contribution is 7.12. The van der Waals surface area contributed by atoms with Gasteiger partial charge in [0.05, 0.1) is 10.9 Å². The Kier molecular flexibility index (Phi) is 5.46. The first-order valence-electron chi connectivity index (χ1n) is 8.07. The first-order valence-corrected chi connectivity index (χ1v) is 8.95. The van der Waals surface area contributed by atoms with Crippen LogP contribution in [0.1, 0.15) is 38.6 Å². The second-order valence-electron chi connectivity index (χ2n) is 5.82. The highest BCUT2D eigenvalue weighted by Crippen LogP contribution is 2.22. The Balaban J connectivity index is 1.67. The molecule has 0 aliphatic carbocycles. The number of benzene rings is 2. The molecule has 0 saturated carbocycles. The highest BCUT2D eigenvalue weighted by atomic mass is 32.1. The minimum atomic E-state index is -0.559. The summed E-state index contributed by atoms with van der Waals surface area (Å²) < 4.78 is 0. The maximum Gasteiger partial charge on any atom is 0.284 e. The van der Waals surface area contributed by atoms with Crippen LogP contribution in [0, 0.1) is 0 Å². The van der Waals surface area contributed by atoms with Gasteiger partial charge in [0.2, 0.25) is 0 Å². The number of carbonyl (C=O) groups is 2. The summed E-state index contributed by atoms with van der Waals surface area (Å²) >= 11 is 1.21. The quantitative estimate of drug-likeness (QED) is 0.471. The van der Waals surface area contributed by atoms with Crippen molar-refractivity contribution < 1.29 is 14.8 Å². The van der Waals surface area contributed by atoms with Crippen molar-refractivity contribution in [2.45, 2.75) is 13.0 Å². The lowest BCUT2D eigenvalue weighted by atomic mass is 10.0. The number of rotatable bonds is 5. The maximum atomic E-state index is 12.4. The van der Waals surface area contributed by atoms with E-state index in [0.29, 0.717) is 10.4 Å². The van der Waals surface area contributed by atoms with Gasteiger partial charge in [-0.3, -0.25) is 14.8 Å². The number of thiophene rings is 1. The Labute approximate surface area is 155 Å². The van der Waals surface area contributed by atoms with E-state index in [9.17, 15) is 9.59 Å². The standard InChI is InChI=1S/C20H18N2O3S/c1-13(17-11-18(26-12-17)20(24)22-25)21-19(23)16-9-7-15(8-10-16)14-5-3-2-4-6-14/h2-13,25H,1H3,(H,21,23)(H,22,24). The van der Waals surface area contributed by atoms with Crippen molar-refractivity contribution >= 4 is 23.2 Å². The number of carbonyl (C=O) groups excluding carboxylic acids is 2. The van der Waals surface area contributed by atoms with Crippen molar-refractivity contribution in [3.63, 3.8) is 0 Å². The Morgan fingerprint density at radius 2 is 1.62 bits per heavy atom. The Hall–Kier alpha value is -2.96. The molecule has 0 aliphatic heterocycles. The predicted molar refractivity (Wildman–Crippen MR) is 101 cm³/mol. The molecule has 6 heteroatoms. The van der Waals surface area contributed by atoms with Crippen molar-refractivity contribution in [2.24, 2.45) is 0 Å². The summed E-state index contributed by atoms with van der Waals surface area (Å²) in [5, 5.41) is 13.4. The lowest BCUT2D eigenvalue weighted by Gasteiger charge is -2.13. The van der Waals surface area contributed by atoms with Crippen LogP contribution in [0.3, 0.4) is 0 Å². The zero-order valence-corrected chi connectivity index (χ0v) is 14.9. The van der Waals surface area contributed by atoms with E-state index >= 15 is 0 Å². The van der Waals surface area contributed by atoms with E-state index in [4.69, 9.17) is 5.21 Å². The van der Waals surface area contributed by atoms with Gasteiger partial charge >= 0.3 is 0 Å². The molecule has 1 aromatic heterocycles. The van der Waals surface area contributed by atoms with Gasteiger partial charge in [-0.25, -0.2) is 5.48 Å². The third kappa shape index (κ3) is 3.99. The van der Waals surface area contributed by atoms with Gasteiger partial charge in [-0.15, -0.1) is 11.3 Å². The second-order valence-corrected chi connectivity index (χ2v) is 6.73. The van der Waals surface area contributed by atoms with Crippen LogP contribution < -0.4 is 10.8 Å². The molecule has 0 saturated heterocycles. The molecule has 0 aliphatic rings. The number of hydrogen-bond acceptors (Lipinski definition) is 4. The van der Waals surface area contributed by atoms with E-state index in [2.05, 4.69) is 5.32 Å². The molecule has 2 aromatic carbocycles. The highest BCUT2D eigenvalue weighted by Gasteiger charge is 2.15. The molecule has 0 bridgehead atoms. The van der Waals surface area contributed by atoms with Gasteiger partial charge in [-0.2, -0.15) is 0 Å². The molecule has 1 heterocycles. The maximum absolute atomic E-state index is 12.4. The van der Waals surface area contributed by atoms with Crippen LogP contribution >= 0.6 is 11.3 Å². The van der Waals surface area contributed by atoms with Gasteiger partial charge in [0.15, 0.2) is 0 Å². The molecule has 0 radical (unpaired) electrons. The predicted octanol–water partition coefficient (Wildman–Crippen LogP) is 4.03. The molecule has 0 spiro atoms. The molecule has 2 amide bonds. The van der Waals surface area contributed by atoms with Crippen molar-refractivity contribution in [3.8, 4) is 11.1 Å². The first kappa shape index (κ1) is 17.8. The summed E-state index contributed by atoms with van der Waals surface area (Å²) in [6.45, 7) is 1.85. The van der Waals surface area contributed by atoms with Crippen molar-refractivity contribution in [2.75, 3.05) is 0 Å². The van der Waals surface area contributed by atoms with E-state index in [1.54, 1.807) is 29.1 Å². The molecular formula is C20H18N2O3S. The fourth-order valence-corrected chi connectivity index (χ4v) is 3.45. The molecule has 0 fully saturated rings. The van der Waals surface area contributed by atoms with Crippen LogP contribution in [0.5, 0.6) is 0 Å². The largest absolute Gasteiger partial charge is 0.345 e. The van der Waals surface area contributed by atoms with Gasteiger partial charge in [0.1, 0.15) is 0 Å². The third-order valence-corrected chi connectivity index (χ3v) is 4.99. The summed E-state index contributed by atoms with van der Waals surface area (Å²) in [5.74, 6) is -0.743. The average Bonchev–Trinajstić information content (AvgIpc) is 3.18. The van der Waals surface area contributed by atoms with Crippen LogP contribution in [0.2, 0.25) is 0 Å². The molecule has 26 heavy (non-hydrogen) atoms. The van der Waals surface area contributed by atoms with E-state index in [0.717, 1.165) is 16.7 Å². The molecule has 5 nitrogen and oxygen atoms in total. The summed E-state index contributed by atoms with van der Waals surface area (Å²) in [6, 6.07) is 18.8. The summed E-state index contributed by atoms with van der Waals surface area (Å²) in [5.41, 5.74) is 5.13. The summed E-state index contributed by atoms with van der Waals surface area (Å²) in [4.78, 5) is 24.2. The monoisotopic (exact) mass is 366 g/mol. The molecule has 3 N–H and O–H groups in total. The molecule has 3 rings (SSSR count). The number of hydrogen-bond donors (Lipinski definition) is 3. The first-order chi connectivity index (χ1) is 12.6. The Morgan fingerprint density at radius 3 is 2.27 bits per heavy atom. The fraction of sp³-hybridized carbons (Fsp3) is 0.100. The van der Waals surface area contributed by atoms with Crippen LogP contribution in [0.15, 0.2) is 66.0 Å². The van der Waals surface area contributed by atoms with Gasteiger partial charge in [0.25, 0.3) is 11.8 Å². The van der Waals surface area contributed by atoms with Crippen LogP contribution in [0.25, 0.3) is 11.1 Å². The molecule has 132 valence electrons. The van der Waals surface area contributed by atoms with Gasteiger partial charge in [0, 0.05) is 5.56 Å². The molecule has 1 unspecified atom stereocenters. The van der Waals surface area contributed by atoms with E-state index in [-0.39, 0.29) is 11.9 Å². The zero-order valence-electron chi connectivity index (χ0n) is 14.1. The second kappa shape index (κ2) is 7.95. The minimum absolute atomic E-state index is 0.184. The summed E-state index contributed by atoms with van der Waals surface area (Å²) in [6.07, 6.45) is 0. The normalized spacial score (nSPS) is 11.6. The van der Waals surface area contributed by atoms with Crippen molar-refractivity contribution in [1.82, 2.24) is 10.8 Å². The number of amides is 2. The topological polar surface area (TPSA) is 78.4 Å². The molecule has 1 atom stereocenters.